The molecule has 0 aromatic carbocycles. The van der Waals surface area contributed by atoms with E-state index < -0.39 is 0 Å². The number of hydrogen-bond acceptors (Lipinski definition) is 3. The van der Waals surface area contributed by atoms with Gasteiger partial charge >= 0.3 is 0 Å². The van der Waals surface area contributed by atoms with Crippen LogP contribution in [0, 0.1) is 17.8 Å². The normalized spacial score (nSPS) is 11.6. The summed E-state index contributed by atoms with van der Waals surface area (Å²) in [7, 11) is 0. The summed E-state index contributed by atoms with van der Waals surface area (Å²) in [6.45, 7) is 6.54. The Balaban J connectivity index is 2.82. The fourth-order valence-electron chi connectivity index (χ4n) is 1.78. The highest BCUT2D eigenvalue weighted by Gasteiger charge is 2.15. The van der Waals surface area contributed by atoms with Crippen LogP contribution < -0.4 is 11.1 Å². The molecule has 0 aliphatic rings. The Morgan fingerprint density at radius 2 is 2.21 bits per heavy atom. The van der Waals surface area contributed by atoms with Crippen molar-refractivity contribution in [1.29, 1.82) is 0 Å². The molecule has 4 nitrogen and oxygen atoms in total. The van der Waals surface area contributed by atoms with E-state index in [1.165, 1.54) is 0 Å². The molecular weight excluding hydrogens is 238 g/mol. The molecule has 0 radical (unpaired) electrons. The summed E-state index contributed by atoms with van der Waals surface area (Å²) in [5, 5.41) is 3.01. The Morgan fingerprint density at radius 1 is 1.47 bits per heavy atom. The van der Waals surface area contributed by atoms with Gasteiger partial charge in [0.25, 0.3) is 5.91 Å². The van der Waals surface area contributed by atoms with Gasteiger partial charge in [0.1, 0.15) is 0 Å². The van der Waals surface area contributed by atoms with Gasteiger partial charge in [-0.25, -0.2) is 0 Å². The number of nitrogens with one attached hydrogen (secondary N) is 1. The number of nitrogens with zero attached hydrogens (tertiary/aromatic N) is 1. The third-order valence-corrected chi connectivity index (χ3v) is 2.90. The minimum atomic E-state index is -0.107. The lowest BCUT2D eigenvalue weighted by molar-refractivity contribution is 0.0924. The zero-order valence-corrected chi connectivity index (χ0v) is 11.7. The second-order valence-corrected chi connectivity index (χ2v) is 4.70. The van der Waals surface area contributed by atoms with Crippen molar-refractivity contribution in [1.82, 2.24) is 10.3 Å². The summed E-state index contributed by atoms with van der Waals surface area (Å²) in [6, 6.07) is 1.91. The zero-order chi connectivity index (χ0) is 14.3. The van der Waals surface area contributed by atoms with E-state index in [0.717, 1.165) is 6.42 Å². The van der Waals surface area contributed by atoms with Crippen molar-refractivity contribution in [2.24, 2.45) is 11.7 Å². The second kappa shape index (κ2) is 7.55. The molecule has 1 atom stereocenters. The van der Waals surface area contributed by atoms with Crippen LogP contribution in [-0.2, 0) is 0 Å². The zero-order valence-electron chi connectivity index (χ0n) is 11.7. The van der Waals surface area contributed by atoms with Gasteiger partial charge in [-0.1, -0.05) is 32.6 Å². The number of carbonyl (C=O) groups is 1. The molecule has 1 aromatic heterocycles. The van der Waals surface area contributed by atoms with E-state index in [4.69, 9.17) is 5.73 Å². The second-order valence-electron chi connectivity index (χ2n) is 4.70. The van der Waals surface area contributed by atoms with Crippen molar-refractivity contribution in [2.75, 3.05) is 6.54 Å². The molecule has 4 heteroatoms. The fraction of sp³-hybridized carbons (Fsp3) is 0.467. The smallest absolute Gasteiger partial charge is 0.253 e. The van der Waals surface area contributed by atoms with Gasteiger partial charge in [0, 0.05) is 24.0 Å². The monoisotopic (exact) mass is 259 g/mol. The third kappa shape index (κ3) is 4.72. The quantitative estimate of drug-likeness (QED) is 0.806. The van der Waals surface area contributed by atoms with Crippen molar-refractivity contribution in [2.45, 2.75) is 33.2 Å². The molecule has 1 rings (SSSR count). The molecular formula is C15H21N3O. The highest BCUT2D eigenvalue weighted by atomic mass is 16.1. The van der Waals surface area contributed by atoms with Crippen molar-refractivity contribution in [3.8, 4) is 11.8 Å². The van der Waals surface area contributed by atoms with Crippen LogP contribution in [0.25, 0.3) is 0 Å². The number of nitrogens with two attached hydrogens (primary N) is 1. The summed E-state index contributed by atoms with van der Waals surface area (Å²) in [4.78, 5) is 16.2. The standard InChI is InChI=1S/C15H21N3O/c1-4-14(11(2)3)18-15(19)13-8-12(6-5-7-16)9-17-10-13/h8-11,14H,4,7,16H2,1-3H3,(H,18,19). The average Bonchev–Trinajstić information content (AvgIpc) is 2.42. The van der Waals surface area contributed by atoms with E-state index in [2.05, 4.69) is 42.9 Å². The lowest BCUT2D eigenvalue weighted by Gasteiger charge is -2.20. The van der Waals surface area contributed by atoms with Gasteiger partial charge in [-0.05, 0) is 18.4 Å². The molecule has 0 aliphatic carbocycles. The summed E-state index contributed by atoms with van der Waals surface area (Å²) < 4.78 is 0. The molecule has 1 aromatic rings. The van der Waals surface area contributed by atoms with Gasteiger partial charge in [-0.3, -0.25) is 9.78 Å². The van der Waals surface area contributed by atoms with Crippen LogP contribution in [0.3, 0.4) is 0 Å². The molecule has 0 bridgehead atoms. The number of carbonyl (C=O) groups excluding carboxylic acids is 1. The van der Waals surface area contributed by atoms with Crippen LogP contribution in [0.15, 0.2) is 18.5 Å². The summed E-state index contributed by atoms with van der Waals surface area (Å²) >= 11 is 0. The summed E-state index contributed by atoms with van der Waals surface area (Å²) in [6.07, 6.45) is 4.08. The van der Waals surface area contributed by atoms with Crippen LogP contribution in [0.5, 0.6) is 0 Å². The highest BCUT2D eigenvalue weighted by molar-refractivity contribution is 5.94. The third-order valence-electron chi connectivity index (χ3n) is 2.90. The largest absolute Gasteiger partial charge is 0.349 e. The maximum atomic E-state index is 12.1. The molecule has 1 unspecified atom stereocenters. The van der Waals surface area contributed by atoms with Crippen LogP contribution in [0.1, 0.15) is 43.1 Å². The van der Waals surface area contributed by atoms with E-state index in [1.807, 2.05) is 0 Å². The fourth-order valence-corrected chi connectivity index (χ4v) is 1.78. The van der Waals surface area contributed by atoms with E-state index >= 15 is 0 Å². The van der Waals surface area contributed by atoms with Crippen molar-refractivity contribution >= 4 is 5.91 Å². The molecule has 0 saturated carbocycles. The Labute approximate surface area is 114 Å². The summed E-state index contributed by atoms with van der Waals surface area (Å²) in [5.41, 5.74) is 6.55. The first-order valence-electron chi connectivity index (χ1n) is 6.53. The van der Waals surface area contributed by atoms with Crippen molar-refractivity contribution < 1.29 is 4.79 Å². The molecule has 102 valence electrons. The number of pyridine rings is 1. The number of amides is 1. The topological polar surface area (TPSA) is 68.0 Å². The maximum Gasteiger partial charge on any atom is 0.253 e. The summed E-state index contributed by atoms with van der Waals surface area (Å²) in [5.74, 6) is 5.92. The van der Waals surface area contributed by atoms with Crippen LogP contribution in [-0.4, -0.2) is 23.5 Å². The number of hydrogen-bond donors (Lipinski definition) is 2. The first-order valence-corrected chi connectivity index (χ1v) is 6.53. The van der Waals surface area contributed by atoms with Gasteiger partial charge < -0.3 is 11.1 Å². The van der Waals surface area contributed by atoms with Gasteiger partial charge in [0.2, 0.25) is 0 Å². The van der Waals surface area contributed by atoms with Crippen LogP contribution >= 0.6 is 0 Å². The van der Waals surface area contributed by atoms with Crippen molar-refractivity contribution in [3.05, 3.63) is 29.6 Å². The molecule has 1 heterocycles. The van der Waals surface area contributed by atoms with Gasteiger partial charge in [0.15, 0.2) is 0 Å². The predicted octanol–water partition coefficient (Wildman–Crippen LogP) is 1.56. The molecule has 0 aliphatic heterocycles. The van der Waals surface area contributed by atoms with E-state index in [1.54, 1.807) is 18.5 Å². The predicted molar refractivity (Wildman–Crippen MR) is 76.6 cm³/mol. The number of rotatable bonds is 4. The SMILES string of the molecule is CCC(NC(=O)c1cncc(C#CCN)c1)C(C)C. The molecule has 1 amide bonds. The van der Waals surface area contributed by atoms with E-state index in [-0.39, 0.29) is 11.9 Å². The Morgan fingerprint density at radius 3 is 2.79 bits per heavy atom. The molecule has 3 N–H and O–H groups in total. The van der Waals surface area contributed by atoms with E-state index in [9.17, 15) is 4.79 Å². The van der Waals surface area contributed by atoms with Crippen LogP contribution in [0.2, 0.25) is 0 Å². The van der Waals surface area contributed by atoms with Crippen LogP contribution in [0.4, 0.5) is 0 Å². The molecule has 0 saturated heterocycles. The number of aromatic nitrogens is 1. The van der Waals surface area contributed by atoms with Gasteiger partial charge in [0.05, 0.1) is 12.1 Å². The highest BCUT2D eigenvalue weighted by Crippen LogP contribution is 2.08. The molecule has 0 spiro atoms. The Bertz CT molecular complexity index is 486. The molecule has 19 heavy (non-hydrogen) atoms. The molecule has 0 fully saturated rings. The Kier molecular flexibility index (Phi) is 6.04. The minimum Gasteiger partial charge on any atom is -0.349 e. The lowest BCUT2D eigenvalue weighted by atomic mass is 10.0. The minimum absolute atomic E-state index is 0.107. The Hall–Kier alpha value is -1.86. The first kappa shape index (κ1) is 15.2. The van der Waals surface area contributed by atoms with Crippen molar-refractivity contribution in [3.63, 3.8) is 0 Å². The first-order chi connectivity index (χ1) is 9.08. The van der Waals surface area contributed by atoms with E-state index in [0.29, 0.717) is 23.6 Å². The maximum absolute atomic E-state index is 12.1. The van der Waals surface area contributed by atoms with Gasteiger partial charge in [-0.2, -0.15) is 0 Å². The van der Waals surface area contributed by atoms with Gasteiger partial charge in [-0.15, -0.1) is 0 Å². The average molecular weight is 259 g/mol. The lowest BCUT2D eigenvalue weighted by Crippen LogP contribution is -2.38.